The number of benzene rings is 3. The van der Waals surface area contributed by atoms with Gasteiger partial charge in [-0.1, -0.05) is 56.1 Å². The first kappa shape index (κ1) is 29.1. The summed E-state index contributed by atoms with van der Waals surface area (Å²) in [5.41, 5.74) is 0. The fourth-order valence-electron chi connectivity index (χ4n) is 2.61. The molecule has 184 valence electrons. The predicted octanol–water partition coefficient (Wildman–Crippen LogP) is 7.81. The highest BCUT2D eigenvalue weighted by Crippen LogP contribution is 2.35. The summed E-state index contributed by atoms with van der Waals surface area (Å²) in [6.07, 6.45) is 0. The van der Waals surface area contributed by atoms with Crippen LogP contribution >= 0.6 is 68.0 Å². The van der Waals surface area contributed by atoms with E-state index in [4.69, 9.17) is 19.3 Å². The Kier molecular flexibility index (Phi) is 14.8. The molecule has 0 amide bonds. The van der Waals surface area contributed by atoms with E-state index in [1.54, 1.807) is 25.3 Å². The Bertz CT molecular complexity index is 944. The molecule has 3 aromatic rings. The molecule has 4 nitrogen and oxygen atoms in total. The number of hydrogen-bond donors (Lipinski definition) is 2. The molecule has 0 saturated heterocycles. The lowest BCUT2D eigenvalue weighted by Gasteiger charge is -2.16. The molecule has 2 aliphatic heterocycles. The van der Waals surface area contributed by atoms with E-state index in [9.17, 15) is 0 Å². The monoisotopic (exact) mass is 646 g/mol. The fourth-order valence-corrected chi connectivity index (χ4v) is 4.45. The molecule has 2 aliphatic rings. The molecule has 9 heteroatoms. The molecule has 5 rings (SSSR count). The number of halogens is 2. The van der Waals surface area contributed by atoms with Crippen molar-refractivity contribution >= 4 is 68.0 Å². The van der Waals surface area contributed by atoms with Gasteiger partial charge in [0.05, 0.1) is 25.2 Å². The normalized spacial score (nSPS) is 12.8. The summed E-state index contributed by atoms with van der Waals surface area (Å²) in [5, 5.41) is 10.9. The number of hydrogen-bond acceptors (Lipinski definition) is 7. The molecule has 1 N–H and O–H groups in total. The molecule has 0 saturated carbocycles. The van der Waals surface area contributed by atoms with E-state index >= 15 is 0 Å². The maximum absolute atomic E-state index is 8.84. The zero-order valence-electron chi connectivity index (χ0n) is 18.8. The minimum absolute atomic E-state index is 0.232. The van der Waals surface area contributed by atoms with E-state index in [-0.39, 0.29) is 5.75 Å². The van der Waals surface area contributed by atoms with Gasteiger partial charge in [0.2, 0.25) is 0 Å². The highest BCUT2D eigenvalue weighted by Gasteiger charge is 2.11. The van der Waals surface area contributed by atoms with Crippen molar-refractivity contribution in [1.29, 1.82) is 0 Å². The summed E-state index contributed by atoms with van der Waals surface area (Å²) in [4.78, 5) is 3.07. The van der Waals surface area contributed by atoms with Crippen molar-refractivity contribution in [1.82, 2.24) is 0 Å². The Morgan fingerprint density at radius 2 is 1.44 bits per heavy atom. The number of para-hydroxylation sites is 2. The van der Waals surface area contributed by atoms with Crippen LogP contribution < -0.4 is 14.2 Å². The summed E-state index contributed by atoms with van der Waals surface area (Å²) < 4.78 is 16.0. The van der Waals surface area contributed by atoms with E-state index in [0.29, 0.717) is 4.90 Å². The highest BCUT2D eigenvalue weighted by molar-refractivity contribution is 9.11. The first-order valence-electron chi connectivity index (χ1n) is 10.5. The molecule has 0 atom stereocenters. The van der Waals surface area contributed by atoms with Gasteiger partial charge < -0.3 is 19.3 Å². The van der Waals surface area contributed by atoms with Gasteiger partial charge in [-0.3, -0.25) is 0 Å². The molecule has 0 unspecified atom stereocenters. The van der Waals surface area contributed by atoms with Gasteiger partial charge >= 0.3 is 0 Å². The average Bonchev–Trinajstić information content (AvgIpc) is 2.91. The van der Waals surface area contributed by atoms with Crippen LogP contribution in [0.5, 0.6) is 23.0 Å². The minimum Gasteiger partial charge on any atom is -0.507 e. The first-order valence-corrected chi connectivity index (χ1v) is 15.1. The molecule has 34 heavy (non-hydrogen) atoms. The van der Waals surface area contributed by atoms with Crippen molar-refractivity contribution in [3.8, 4) is 23.0 Å². The SMILES string of the molecule is BrCCBr.COc1ccc2c(c1)SCCO2.Oc1ccccc1S.c1ccc2c(c1)OCCS2. The third-order valence-electron chi connectivity index (χ3n) is 4.15. The molecular formula is C25H28Br2O4S3. The van der Waals surface area contributed by atoms with Crippen LogP contribution in [0.2, 0.25) is 0 Å². The number of phenols is 1. The Hall–Kier alpha value is -1.13. The van der Waals surface area contributed by atoms with E-state index in [0.717, 1.165) is 52.6 Å². The van der Waals surface area contributed by atoms with Crippen molar-refractivity contribution in [3.05, 3.63) is 66.7 Å². The largest absolute Gasteiger partial charge is 0.507 e. The molecule has 3 aromatic carbocycles. The van der Waals surface area contributed by atoms with Crippen LogP contribution in [0.15, 0.2) is 81.4 Å². The lowest BCUT2D eigenvalue weighted by molar-refractivity contribution is 0.328. The molecule has 0 fully saturated rings. The fraction of sp³-hybridized carbons (Fsp3) is 0.280. The van der Waals surface area contributed by atoms with E-state index in [1.165, 1.54) is 9.79 Å². The smallest absolute Gasteiger partial charge is 0.133 e. The number of thioether (sulfide) groups is 2. The predicted molar refractivity (Wildman–Crippen MR) is 155 cm³/mol. The van der Waals surface area contributed by atoms with Gasteiger partial charge in [-0.25, -0.2) is 0 Å². The van der Waals surface area contributed by atoms with Gasteiger partial charge in [0.15, 0.2) is 0 Å². The molecule has 0 spiro atoms. The number of phenolic OH excluding ortho intramolecular Hbond substituents is 1. The quantitative estimate of drug-likeness (QED) is 0.219. The second-order valence-electron chi connectivity index (χ2n) is 6.52. The number of aromatic hydroxyl groups is 1. The van der Waals surface area contributed by atoms with Gasteiger partial charge in [-0.15, -0.1) is 36.2 Å². The zero-order chi connectivity index (χ0) is 24.6. The Balaban J connectivity index is 0.000000170. The van der Waals surface area contributed by atoms with E-state index in [1.807, 2.05) is 66.0 Å². The molecule has 0 aromatic heterocycles. The second-order valence-corrected chi connectivity index (χ2v) is 10.9. The van der Waals surface area contributed by atoms with Crippen LogP contribution in [0, 0.1) is 0 Å². The van der Waals surface area contributed by atoms with Crippen molar-refractivity contribution in [3.63, 3.8) is 0 Å². The lowest BCUT2D eigenvalue weighted by atomic mass is 10.3. The van der Waals surface area contributed by atoms with Gasteiger partial charge in [-0.2, -0.15) is 0 Å². The Morgan fingerprint density at radius 1 is 0.853 bits per heavy atom. The number of fused-ring (bicyclic) bond motifs is 2. The van der Waals surface area contributed by atoms with Crippen LogP contribution in [0.4, 0.5) is 0 Å². The van der Waals surface area contributed by atoms with Gasteiger partial charge in [-0.05, 0) is 42.5 Å². The van der Waals surface area contributed by atoms with Crippen LogP contribution in [-0.4, -0.2) is 47.6 Å². The zero-order valence-corrected chi connectivity index (χ0v) is 24.5. The van der Waals surface area contributed by atoms with E-state index < -0.39 is 0 Å². The first-order chi connectivity index (χ1) is 16.6. The summed E-state index contributed by atoms with van der Waals surface area (Å²) in [6.45, 7) is 1.66. The standard InChI is InChI=1S/C9H10O2S.C8H8OS.C6H6OS.C2H4Br2/c1-10-7-2-3-8-9(6-7)12-5-4-11-8;1-2-4-8-7(3-1)9-5-6-10-8;7-5-3-1-2-4-6(5)8;3-1-2-4/h2-3,6H,4-5H2,1H3;1-4H,5-6H2;1-4,7-8H;1-2H2. The molecule has 0 aliphatic carbocycles. The van der Waals surface area contributed by atoms with Crippen molar-refractivity contribution in [2.75, 3.05) is 42.5 Å². The number of thiol groups is 1. The average molecular weight is 649 g/mol. The van der Waals surface area contributed by atoms with Gasteiger partial charge in [0.1, 0.15) is 23.0 Å². The summed E-state index contributed by atoms with van der Waals surface area (Å²) in [7, 11) is 1.68. The van der Waals surface area contributed by atoms with Crippen molar-refractivity contribution in [2.45, 2.75) is 14.7 Å². The Morgan fingerprint density at radius 3 is 2.00 bits per heavy atom. The molecule has 2 heterocycles. The number of ether oxygens (including phenoxy) is 3. The van der Waals surface area contributed by atoms with Crippen LogP contribution in [0.3, 0.4) is 0 Å². The van der Waals surface area contributed by atoms with Crippen LogP contribution in [-0.2, 0) is 0 Å². The maximum Gasteiger partial charge on any atom is 0.133 e. The lowest BCUT2D eigenvalue weighted by Crippen LogP contribution is -2.06. The number of methoxy groups -OCH3 is 1. The highest BCUT2D eigenvalue weighted by atomic mass is 79.9. The topological polar surface area (TPSA) is 47.9 Å². The third kappa shape index (κ3) is 10.6. The van der Waals surface area contributed by atoms with Crippen LogP contribution in [0.1, 0.15) is 0 Å². The number of rotatable bonds is 2. The van der Waals surface area contributed by atoms with Crippen LogP contribution in [0.25, 0.3) is 0 Å². The summed E-state index contributed by atoms with van der Waals surface area (Å²) >= 11 is 14.0. The van der Waals surface area contributed by atoms with Crippen molar-refractivity contribution < 1.29 is 19.3 Å². The van der Waals surface area contributed by atoms with Gasteiger partial charge in [0, 0.05) is 32.0 Å². The molecule has 0 bridgehead atoms. The van der Waals surface area contributed by atoms with Gasteiger partial charge in [0.25, 0.3) is 0 Å². The summed E-state index contributed by atoms with van der Waals surface area (Å²) in [6, 6.07) is 21.0. The molecule has 0 radical (unpaired) electrons. The Labute approximate surface area is 232 Å². The minimum atomic E-state index is 0.232. The second kappa shape index (κ2) is 17.3. The molecular weight excluding hydrogens is 620 g/mol. The third-order valence-corrected chi connectivity index (χ3v) is 8.41. The van der Waals surface area contributed by atoms with Crippen molar-refractivity contribution in [2.24, 2.45) is 0 Å². The number of alkyl halides is 2. The summed E-state index contributed by atoms with van der Waals surface area (Å²) in [5.74, 6) is 5.25. The maximum atomic E-state index is 8.84. The van der Waals surface area contributed by atoms with E-state index in [2.05, 4.69) is 50.6 Å².